The highest BCUT2D eigenvalue weighted by Crippen LogP contribution is 2.40. The van der Waals surface area contributed by atoms with E-state index in [9.17, 15) is 4.79 Å². The Hall–Kier alpha value is -4.44. The van der Waals surface area contributed by atoms with Crippen molar-refractivity contribution in [2.24, 2.45) is 0 Å². The monoisotopic (exact) mass is 556 g/mol. The number of anilines is 5. The van der Waals surface area contributed by atoms with E-state index in [0.717, 1.165) is 48.2 Å². The number of aromatic nitrogens is 2. The van der Waals surface area contributed by atoms with Gasteiger partial charge in [-0.2, -0.15) is 0 Å². The van der Waals surface area contributed by atoms with Crippen molar-refractivity contribution in [1.82, 2.24) is 14.9 Å². The third kappa shape index (κ3) is 6.83. The van der Waals surface area contributed by atoms with Crippen LogP contribution < -0.4 is 25.6 Å². The number of nitrogens with zero attached hydrogens (tertiary/aromatic N) is 4. The van der Waals surface area contributed by atoms with E-state index >= 15 is 0 Å². The summed E-state index contributed by atoms with van der Waals surface area (Å²) in [6.45, 7) is 3.63. The molecule has 1 aliphatic carbocycles. The highest BCUT2D eigenvalue weighted by Gasteiger charge is 2.27. The normalized spacial score (nSPS) is 16.5. The van der Waals surface area contributed by atoms with Gasteiger partial charge in [-0.1, -0.05) is 12.6 Å². The van der Waals surface area contributed by atoms with E-state index < -0.39 is 0 Å². The standard InChI is InChI=1S/C31H40N8O2/c1-7-31(40)37-26-15-27(29(41-6)17-28(26)39(5)23-11-9-22(10-12-23)38(3)4)36-30-16-25(34-19-35-30)20-8-13-24(33-2)21(14-20)18-32/h7-8,13-19,22-23,32-33H,1,9-12H2,2-6H3,(H,37,40)(H,34,35,36). The van der Waals surface area contributed by atoms with Crippen LogP contribution in [0.25, 0.3) is 11.3 Å². The molecule has 216 valence electrons. The molecule has 1 aliphatic rings. The number of nitrogens with one attached hydrogen (secondary N) is 4. The Morgan fingerprint density at radius 1 is 1.02 bits per heavy atom. The van der Waals surface area contributed by atoms with Crippen LogP contribution in [0.5, 0.6) is 5.75 Å². The minimum absolute atomic E-state index is 0.288. The zero-order chi connectivity index (χ0) is 29.5. The third-order valence-corrected chi connectivity index (χ3v) is 7.79. The summed E-state index contributed by atoms with van der Waals surface area (Å²) in [5.74, 6) is 0.894. The molecule has 1 aromatic heterocycles. The van der Waals surface area contributed by atoms with Crippen LogP contribution in [0, 0.1) is 5.41 Å². The van der Waals surface area contributed by atoms with Crippen LogP contribution in [0.4, 0.5) is 28.6 Å². The molecule has 1 saturated carbocycles. The van der Waals surface area contributed by atoms with Crippen molar-refractivity contribution in [3.63, 3.8) is 0 Å². The number of carbonyl (C=O) groups excluding carboxylic acids is 1. The zero-order valence-electron chi connectivity index (χ0n) is 24.5. The lowest BCUT2D eigenvalue weighted by molar-refractivity contribution is -0.111. The van der Waals surface area contributed by atoms with Crippen molar-refractivity contribution in [3.05, 3.63) is 60.9 Å². The Morgan fingerprint density at radius 2 is 1.76 bits per heavy atom. The second kappa shape index (κ2) is 13.3. The van der Waals surface area contributed by atoms with Crippen molar-refractivity contribution < 1.29 is 9.53 Å². The van der Waals surface area contributed by atoms with Gasteiger partial charge in [0.25, 0.3) is 0 Å². The number of carbonyl (C=O) groups is 1. The van der Waals surface area contributed by atoms with Crippen molar-refractivity contribution >= 4 is 40.7 Å². The molecule has 4 N–H and O–H groups in total. The van der Waals surface area contributed by atoms with Crippen LogP contribution in [0.1, 0.15) is 31.2 Å². The smallest absolute Gasteiger partial charge is 0.247 e. The summed E-state index contributed by atoms with van der Waals surface area (Å²) in [6.07, 6.45) is 8.45. The number of ether oxygens (including phenoxy) is 1. The molecular formula is C31H40N8O2. The first-order chi connectivity index (χ1) is 19.8. The summed E-state index contributed by atoms with van der Waals surface area (Å²) in [7, 11) is 9.81. The average Bonchev–Trinajstić information content (AvgIpc) is 3.00. The maximum absolute atomic E-state index is 12.4. The number of methoxy groups -OCH3 is 1. The molecule has 2 aromatic carbocycles. The Kier molecular flexibility index (Phi) is 9.57. The topological polar surface area (TPSA) is 118 Å². The van der Waals surface area contributed by atoms with E-state index in [1.54, 1.807) is 7.11 Å². The van der Waals surface area contributed by atoms with Crippen LogP contribution in [-0.4, -0.2) is 74.4 Å². The van der Waals surface area contributed by atoms with E-state index in [0.29, 0.717) is 40.7 Å². The highest BCUT2D eigenvalue weighted by molar-refractivity contribution is 6.02. The minimum Gasteiger partial charge on any atom is -0.494 e. The largest absolute Gasteiger partial charge is 0.494 e. The van der Waals surface area contributed by atoms with E-state index in [1.807, 2.05) is 43.4 Å². The number of rotatable bonds is 11. The van der Waals surface area contributed by atoms with Gasteiger partial charge in [-0.25, -0.2) is 9.97 Å². The predicted molar refractivity (Wildman–Crippen MR) is 168 cm³/mol. The summed E-state index contributed by atoms with van der Waals surface area (Å²) in [5.41, 5.74) is 5.38. The van der Waals surface area contributed by atoms with Gasteiger partial charge >= 0.3 is 0 Å². The molecule has 0 bridgehead atoms. The first-order valence-corrected chi connectivity index (χ1v) is 13.7. The third-order valence-electron chi connectivity index (χ3n) is 7.79. The van der Waals surface area contributed by atoms with Gasteiger partial charge < -0.3 is 35.9 Å². The van der Waals surface area contributed by atoms with Crippen LogP contribution in [-0.2, 0) is 4.79 Å². The van der Waals surface area contributed by atoms with Gasteiger partial charge in [0.05, 0.1) is 29.9 Å². The highest BCUT2D eigenvalue weighted by atomic mass is 16.5. The molecule has 3 aromatic rings. The Bertz CT molecular complexity index is 1400. The summed E-state index contributed by atoms with van der Waals surface area (Å²) in [5, 5.41) is 17.2. The fourth-order valence-electron chi connectivity index (χ4n) is 5.36. The van der Waals surface area contributed by atoms with Crippen LogP contribution in [0.2, 0.25) is 0 Å². The zero-order valence-corrected chi connectivity index (χ0v) is 24.5. The molecule has 0 spiro atoms. The van der Waals surface area contributed by atoms with E-state index in [1.165, 1.54) is 18.6 Å². The first kappa shape index (κ1) is 29.5. The van der Waals surface area contributed by atoms with Gasteiger partial charge in [0.2, 0.25) is 5.91 Å². The lowest BCUT2D eigenvalue weighted by Crippen LogP contribution is -2.40. The Balaban J connectivity index is 1.65. The van der Waals surface area contributed by atoms with E-state index in [4.69, 9.17) is 10.1 Å². The van der Waals surface area contributed by atoms with Gasteiger partial charge in [-0.15, -0.1) is 0 Å². The van der Waals surface area contributed by atoms with Gasteiger partial charge in [-0.3, -0.25) is 4.79 Å². The molecule has 1 fully saturated rings. The molecule has 0 unspecified atom stereocenters. The van der Waals surface area contributed by atoms with Crippen molar-refractivity contribution in [1.29, 1.82) is 5.41 Å². The van der Waals surface area contributed by atoms with Gasteiger partial charge in [0, 0.05) is 61.3 Å². The molecule has 0 radical (unpaired) electrons. The molecule has 10 heteroatoms. The molecule has 10 nitrogen and oxygen atoms in total. The molecular weight excluding hydrogens is 516 g/mol. The molecule has 0 atom stereocenters. The maximum Gasteiger partial charge on any atom is 0.247 e. The predicted octanol–water partition coefficient (Wildman–Crippen LogP) is 5.37. The van der Waals surface area contributed by atoms with Gasteiger partial charge in [0.1, 0.15) is 17.9 Å². The maximum atomic E-state index is 12.4. The van der Waals surface area contributed by atoms with Crippen molar-refractivity contribution in [2.75, 3.05) is 56.2 Å². The molecule has 0 aliphatic heterocycles. The number of benzene rings is 2. The van der Waals surface area contributed by atoms with Crippen LogP contribution in [0.3, 0.4) is 0 Å². The summed E-state index contributed by atoms with van der Waals surface area (Å²) >= 11 is 0. The van der Waals surface area contributed by atoms with Crippen LogP contribution in [0.15, 0.2) is 55.4 Å². The number of hydrogen-bond donors (Lipinski definition) is 4. The average molecular weight is 557 g/mol. The summed E-state index contributed by atoms with van der Waals surface area (Å²) < 4.78 is 5.80. The lowest BCUT2D eigenvalue weighted by Gasteiger charge is -2.39. The number of hydrogen-bond acceptors (Lipinski definition) is 9. The fraction of sp³-hybridized carbons (Fsp3) is 0.355. The molecule has 0 saturated heterocycles. The number of amides is 1. The molecule has 41 heavy (non-hydrogen) atoms. The first-order valence-electron chi connectivity index (χ1n) is 13.7. The van der Waals surface area contributed by atoms with Crippen molar-refractivity contribution in [2.45, 2.75) is 37.8 Å². The SMILES string of the molecule is C=CC(=O)Nc1cc(Nc2cc(-c3ccc(NC)c(C=N)c3)ncn2)c(OC)cc1N(C)C1CCC(N(C)C)CC1. The molecule has 4 rings (SSSR count). The van der Waals surface area contributed by atoms with Crippen LogP contribution >= 0.6 is 0 Å². The van der Waals surface area contributed by atoms with E-state index in [-0.39, 0.29) is 5.91 Å². The second-order valence-electron chi connectivity index (χ2n) is 10.4. The van der Waals surface area contributed by atoms with Gasteiger partial charge in [-0.05, 0) is 64.1 Å². The van der Waals surface area contributed by atoms with Gasteiger partial charge in [0.15, 0.2) is 0 Å². The fourth-order valence-corrected chi connectivity index (χ4v) is 5.36. The summed E-state index contributed by atoms with van der Waals surface area (Å²) in [4.78, 5) is 25.8. The Labute approximate surface area is 242 Å². The van der Waals surface area contributed by atoms with Crippen molar-refractivity contribution in [3.8, 4) is 17.0 Å². The molecule has 1 amide bonds. The lowest BCUT2D eigenvalue weighted by atomic mass is 9.89. The minimum atomic E-state index is -0.288. The molecule has 1 heterocycles. The Morgan fingerprint density at radius 3 is 2.39 bits per heavy atom. The summed E-state index contributed by atoms with van der Waals surface area (Å²) in [6, 6.07) is 12.4. The second-order valence-corrected chi connectivity index (χ2v) is 10.4. The quantitative estimate of drug-likeness (QED) is 0.184. The van der Waals surface area contributed by atoms with E-state index in [2.05, 4.69) is 63.4 Å².